The van der Waals surface area contributed by atoms with Crippen LogP contribution < -0.4 is 0 Å². The van der Waals surface area contributed by atoms with Crippen LogP contribution in [0.25, 0.3) is 0 Å². The first-order valence-electron chi connectivity index (χ1n) is 45.3. The Bertz CT molecular complexity index is 2060. The minimum atomic E-state index is -4.97. The van der Waals surface area contributed by atoms with Crippen LogP contribution in [0.2, 0.25) is 0 Å². The zero-order chi connectivity index (χ0) is 78.6. The van der Waals surface area contributed by atoms with Crippen molar-refractivity contribution in [1.29, 1.82) is 0 Å². The van der Waals surface area contributed by atoms with E-state index in [1.54, 1.807) is 0 Å². The molecule has 0 saturated carbocycles. The Labute approximate surface area is 658 Å². The van der Waals surface area contributed by atoms with E-state index in [4.69, 9.17) is 37.0 Å². The van der Waals surface area contributed by atoms with Gasteiger partial charge in [0.15, 0.2) is 12.2 Å². The SMILES string of the molecule is CCCCCCCCCCCCCCCCCCCCCCCCC(=O)O[C@H](COC(=O)CCCCCCCCCCCCCCCCCC(C)C)COP(=O)(O)OC[C@@H](O)COP(=O)(O)OC[C@@H](COC(=O)CCCCCCCCCCCC(C)C)OC(=O)CCCCCCCCCCCCCCC(C)C. The summed E-state index contributed by atoms with van der Waals surface area (Å²) in [4.78, 5) is 73.3. The third-order valence-corrected chi connectivity index (χ3v) is 22.5. The van der Waals surface area contributed by atoms with E-state index < -0.39 is 97.5 Å². The maximum absolute atomic E-state index is 13.2. The summed E-state index contributed by atoms with van der Waals surface area (Å²) in [5.41, 5.74) is 0. The summed E-state index contributed by atoms with van der Waals surface area (Å²) in [6, 6.07) is 0. The van der Waals surface area contributed by atoms with Gasteiger partial charge in [-0.25, -0.2) is 9.13 Å². The van der Waals surface area contributed by atoms with Gasteiger partial charge in [0.25, 0.3) is 0 Å². The quantitative estimate of drug-likeness (QED) is 0.0222. The molecule has 0 amide bonds. The number of phosphoric ester groups is 2. The van der Waals surface area contributed by atoms with E-state index in [2.05, 4.69) is 48.5 Å². The molecule has 0 saturated heterocycles. The fourth-order valence-electron chi connectivity index (χ4n) is 13.7. The van der Waals surface area contributed by atoms with E-state index >= 15 is 0 Å². The summed E-state index contributed by atoms with van der Waals surface area (Å²) in [5, 5.41) is 10.7. The Morgan fingerprint density at radius 3 is 0.636 bits per heavy atom. The van der Waals surface area contributed by atoms with Crippen LogP contribution >= 0.6 is 15.6 Å². The van der Waals surface area contributed by atoms with Crippen molar-refractivity contribution in [3.8, 4) is 0 Å². The molecule has 0 radical (unpaired) electrons. The fourth-order valence-corrected chi connectivity index (χ4v) is 15.3. The number of rotatable bonds is 86. The molecule has 3 N–H and O–H groups in total. The van der Waals surface area contributed by atoms with Gasteiger partial charge >= 0.3 is 39.5 Å². The normalized spacial score (nSPS) is 13.8. The Hall–Kier alpha value is -1.94. The van der Waals surface area contributed by atoms with Crippen molar-refractivity contribution in [1.82, 2.24) is 0 Å². The largest absolute Gasteiger partial charge is 0.472 e. The number of aliphatic hydroxyl groups is 1. The topological polar surface area (TPSA) is 237 Å². The molecule has 0 aromatic rings. The van der Waals surface area contributed by atoms with Crippen molar-refractivity contribution >= 4 is 39.5 Å². The number of aliphatic hydroxyl groups excluding tert-OH is 1. The monoisotopic (exact) mass is 1560 g/mol. The van der Waals surface area contributed by atoms with E-state index in [9.17, 15) is 43.2 Å². The second kappa shape index (κ2) is 78.0. The molecule has 5 atom stereocenters. The average molecular weight is 1560 g/mol. The number of carbonyl (C=O) groups is 4. The van der Waals surface area contributed by atoms with Crippen LogP contribution in [0.5, 0.6) is 0 Å². The molecule has 0 fully saturated rings. The molecule has 0 aromatic heterocycles. The Morgan fingerprint density at radius 1 is 0.252 bits per heavy atom. The highest BCUT2D eigenvalue weighted by Gasteiger charge is 2.31. The summed E-state index contributed by atoms with van der Waals surface area (Å²) in [5.74, 6) is 0.224. The average Bonchev–Trinajstić information content (AvgIpc) is 0.921. The molecular formula is C88H172O17P2. The van der Waals surface area contributed by atoms with Crippen LogP contribution in [0.1, 0.15) is 466 Å². The first-order valence-corrected chi connectivity index (χ1v) is 48.3. The molecule has 17 nitrogen and oxygen atoms in total. The number of hydrogen-bond acceptors (Lipinski definition) is 15. The molecule has 0 spiro atoms. The van der Waals surface area contributed by atoms with Gasteiger partial charge in [-0.05, 0) is 43.4 Å². The number of carbonyl (C=O) groups excluding carboxylic acids is 4. The van der Waals surface area contributed by atoms with Gasteiger partial charge in [0, 0.05) is 25.7 Å². The number of esters is 4. The second-order valence-electron chi connectivity index (χ2n) is 33.1. The molecule has 0 aliphatic carbocycles. The van der Waals surface area contributed by atoms with E-state index in [1.165, 1.54) is 276 Å². The molecule has 2 unspecified atom stereocenters. The highest BCUT2D eigenvalue weighted by Crippen LogP contribution is 2.45. The zero-order valence-electron chi connectivity index (χ0n) is 70.6. The van der Waals surface area contributed by atoms with Crippen molar-refractivity contribution in [3.63, 3.8) is 0 Å². The number of ether oxygens (including phenoxy) is 4. The molecule has 19 heteroatoms. The van der Waals surface area contributed by atoms with E-state index in [-0.39, 0.29) is 25.7 Å². The maximum Gasteiger partial charge on any atom is 0.472 e. The van der Waals surface area contributed by atoms with Crippen LogP contribution in [0, 0.1) is 17.8 Å². The van der Waals surface area contributed by atoms with Crippen LogP contribution in [0.3, 0.4) is 0 Å². The van der Waals surface area contributed by atoms with E-state index in [0.717, 1.165) is 108 Å². The van der Waals surface area contributed by atoms with Crippen LogP contribution in [0.4, 0.5) is 0 Å². The van der Waals surface area contributed by atoms with Crippen LogP contribution in [0.15, 0.2) is 0 Å². The molecule has 0 rings (SSSR count). The summed E-state index contributed by atoms with van der Waals surface area (Å²) >= 11 is 0. The highest BCUT2D eigenvalue weighted by atomic mass is 31.2. The molecule has 636 valence electrons. The van der Waals surface area contributed by atoms with E-state index in [0.29, 0.717) is 25.7 Å². The molecule has 107 heavy (non-hydrogen) atoms. The van der Waals surface area contributed by atoms with Gasteiger partial charge in [-0.1, -0.05) is 414 Å². The number of hydrogen-bond donors (Lipinski definition) is 3. The lowest BCUT2D eigenvalue weighted by atomic mass is 10.0. The molecule has 0 aliphatic rings. The number of phosphoric acid groups is 2. The third-order valence-electron chi connectivity index (χ3n) is 20.6. The summed E-state index contributed by atoms with van der Waals surface area (Å²) in [6.45, 7) is 12.0. The minimum absolute atomic E-state index is 0.107. The lowest BCUT2D eigenvalue weighted by Gasteiger charge is -2.21. The summed E-state index contributed by atoms with van der Waals surface area (Å²) in [6.07, 6.45) is 69.5. The van der Waals surface area contributed by atoms with Crippen LogP contribution in [-0.4, -0.2) is 96.7 Å². The van der Waals surface area contributed by atoms with Gasteiger partial charge in [0.2, 0.25) is 0 Å². The van der Waals surface area contributed by atoms with Crippen molar-refractivity contribution in [2.45, 2.75) is 484 Å². The van der Waals surface area contributed by atoms with Crippen molar-refractivity contribution in [2.24, 2.45) is 17.8 Å². The first-order chi connectivity index (χ1) is 51.7. The Morgan fingerprint density at radius 2 is 0.430 bits per heavy atom. The second-order valence-corrected chi connectivity index (χ2v) is 36.0. The van der Waals surface area contributed by atoms with Gasteiger partial charge < -0.3 is 33.8 Å². The van der Waals surface area contributed by atoms with Crippen molar-refractivity contribution in [3.05, 3.63) is 0 Å². The number of unbranched alkanes of at least 4 members (excludes halogenated alkanes) is 54. The maximum atomic E-state index is 13.2. The van der Waals surface area contributed by atoms with Gasteiger partial charge in [0.1, 0.15) is 19.3 Å². The highest BCUT2D eigenvalue weighted by molar-refractivity contribution is 7.47. The molecule has 0 aliphatic heterocycles. The van der Waals surface area contributed by atoms with Crippen LogP contribution in [-0.2, 0) is 65.4 Å². The van der Waals surface area contributed by atoms with Crippen molar-refractivity contribution < 1.29 is 80.2 Å². The van der Waals surface area contributed by atoms with Gasteiger partial charge in [-0.15, -0.1) is 0 Å². The Balaban J connectivity index is 5.24. The third kappa shape index (κ3) is 81.9. The first kappa shape index (κ1) is 105. The van der Waals surface area contributed by atoms with Gasteiger partial charge in [0.05, 0.1) is 26.4 Å². The molecule has 0 aromatic carbocycles. The zero-order valence-corrected chi connectivity index (χ0v) is 72.4. The summed E-state index contributed by atoms with van der Waals surface area (Å²) < 4.78 is 69.0. The molecule has 0 heterocycles. The lowest BCUT2D eigenvalue weighted by molar-refractivity contribution is -0.161. The van der Waals surface area contributed by atoms with Gasteiger partial charge in [-0.2, -0.15) is 0 Å². The smallest absolute Gasteiger partial charge is 0.462 e. The predicted molar refractivity (Wildman–Crippen MR) is 441 cm³/mol. The van der Waals surface area contributed by atoms with Gasteiger partial charge in [-0.3, -0.25) is 37.3 Å². The predicted octanol–water partition coefficient (Wildman–Crippen LogP) is 26.9. The summed E-state index contributed by atoms with van der Waals surface area (Å²) in [7, 11) is -9.93. The standard InChI is InChI=1S/C88H172O17P2/c1-8-9-10-11-12-13-14-15-16-17-18-19-20-21-22-25-29-35-42-50-57-64-71-87(92)104-83(75-98-85(90)69-62-55-48-41-34-28-26-23-24-27-32-38-45-52-59-66-79(2)3)77-102-106(94,95)100-73-82(89)74-101-107(96,97)103-78-84(76-99-86(91)70-63-56-49-44-37-40-47-54-61-68-81(6)7)105-88(93)72-65-58-51-43-36-31-30-33-39-46-53-60-67-80(4)5/h79-84,89H,8-78H2,1-7H3,(H,94,95)(H,96,97)/t82-,83-,84-/m1/s1. The fraction of sp³-hybridized carbons (Fsp3) is 0.955. The Kier molecular flexibility index (Phi) is 76.6. The minimum Gasteiger partial charge on any atom is -0.462 e. The van der Waals surface area contributed by atoms with E-state index in [1.807, 2.05) is 0 Å². The molecule has 0 bridgehead atoms. The molecular weight excluding hydrogens is 1390 g/mol. The van der Waals surface area contributed by atoms with Crippen molar-refractivity contribution in [2.75, 3.05) is 39.6 Å². The lowest BCUT2D eigenvalue weighted by Crippen LogP contribution is -2.30.